The van der Waals surface area contributed by atoms with Crippen LogP contribution in [0.2, 0.25) is 0 Å². The van der Waals surface area contributed by atoms with E-state index in [1.807, 2.05) is 30.4 Å². The van der Waals surface area contributed by atoms with E-state index < -0.39 is 6.04 Å². The molecule has 0 aliphatic carbocycles. The van der Waals surface area contributed by atoms with Crippen LogP contribution in [-0.2, 0) is 4.79 Å². The smallest absolute Gasteiger partial charge is 0.261 e. The lowest BCUT2D eigenvalue weighted by molar-refractivity contribution is -0.131. The highest BCUT2D eigenvalue weighted by Gasteiger charge is 2.37. The molecule has 0 radical (unpaired) electrons. The number of carbonyl (C=O) groups excluding carboxylic acids is 2. The van der Waals surface area contributed by atoms with Gasteiger partial charge in [0.1, 0.15) is 6.04 Å². The molecule has 22 heavy (non-hydrogen) atoms. The number of nitrogens with one attached hydrogen (secondary N) is 1. The van der Waals surface area contributed by atoms with Gasteiger partial charge in [-0.3, -0.25) is 9.59 Å². The second kappa shape index (κ2) is 7.48. The van der Waals surface area contributed by atoms with Crippen LogP contribution in [0.5, 0.6) is 0 Å². The van der Waals surface area contributed by atoms with Crippen molar-refractivity contribution >= 4 is 34.9 Å². The molecule has 0 bridgehead atoms. The second-order valence-electron chi connectivity index (χ2n) is 5.72. The third-order valence-corrected chi connectivity index (χ3v) is 5.92. The van der Waals surface area contributed by atoms with E-state index >= 15 is 0 Å². The van der Waals surface area contributed by atoms with Gasteiger partial charge in [-0.05, 0) is 38.7 Å². The predicted octanol–water partition coefficient (Wildman–Crippen LogP) is 1.37. The molecule has 1 N–H and O–H groups in total. The first-order valence-electron chi connectivity index (χ1n) is 7.26. The molecular weight excluding hydrogens is 318 g/mol. The SMILES string of the molecule is CS[C@@H]1CN(C(=O)[C@H](C)NC(=O)c2cccs2)C[C@@H]1N(C)C. The van der Waals surface area contributed by atoms with E-state index in [1.165, 1.54) is 11.3 Å². The van der Waals surface area contributed by atoms with Gasteiger partial charge in [0.2, 0.25) is 5.91 Å². The number of likely N-dealkylation sites (tertiary alicyclic amines) is 1. The number of nitrogens with zero attached hydrogens (tertiary/aromatic N) is 2. The highest BCUT2D eigenvalue weighted by molar-refractivity contribution is 7.99. The Bertz CT molecular complexity index is 519. The highest BCUT2D eigenvalue weighted by atomic mass is 32.2. The molecule has 0 saturated carbocycles. The van der Waals surface area contributed by atoms with Gasteiger partial charge in [-0.2, -0.15) is 11.8 Å². The average Bonchev–Trinajstić information content (AvgIpc) is 3.15. The van der Waals surface area contributed by atoms with E-state index in [2.05, 4.69) is 16.5 Å². The maximum Gasteiger partial charge on any atom is 0.261 e. The van der Waals surface area contributed by atoms with Crippen LogP contribution in [0.1, 0.15) is 16.6 Å². The van der Waals surface area contributed by atoms with Crippen LogP contribution in [0.3, 0.4) is 0 Å². The lowest BCUT2D eigenvalue weighted by atomic mass is 10.2. The van der Waals surface area contributed by atoms with E-state index in [-0.39, 0.29) is 11.8 Å². The Hall–Kier alpha value is -1.05. The van der Waals surface area contributed by atoms with Gasteiger partial charge in [0, 0.05) is 24.4 Å². The van der Waals surface area contributed by atoms with Crippen LogP contribution in [0.4, 0.5) is 0 Å². The van der Waals surface area contributed by atoms with Gasteiger partial charge in [-0.15, -0.1) is 11.3 Å². The summed E-state index contributed by atoms with van der Waals surface area (Å²) in [5, 5.41) is 5.07. The zero-order valence-electron chi connectivity index (χ0n) is 13.4. The first-order valence-corrected chi connectivity index (χ1v) is 9.43. The van der Waals surface area contributed by atoms with E-state index in [4.69, 9.17) is 0 Å². The van der Waals surface area contributed by atoms with Crippen molar-refractivity contribution in [3.63, 3.8) is 0 Å². The molecule has 0 spiro atoms. The van der Waals surface area contributed by atoms with E-state index in [0.717, 1.165) is 13.1 Å². The number of thiophene rings is 1. The average molecular weight is 342 g/mol. The van der Waals surface area contributed by atoms with Gasteiger partial charge in [0.25, 0.3) is 5.91 Å². The molecule has 5 nitrogen and oxygen atoms in total. The van der Waals surface area contributed by atoms with Gasteiger partial charge in [-0.1, -0.05) is 6.07 Å². The Morgan fingerprint density at radius 2 is 2.18 bits per heavy atom. The van der Waals surface area contributed by atoms with Gasteiger partial charge in [-0.25, -0.2) is 0 Å². The molecule has 1 aromatic heterocycles. The molecule has 3 atom stereocenters. The molecular formula is C15H23N3O2S2. The predicted molar refractivity (Wildman–Crippen MR) is 92.6 cm³/mol. The van der Waals surface area contributed by atoms with E-state index in [1.54, 1.807) is 24.8 Å². The lowest BCUT2D eigenvalue weighted by Gasteiger charge is -2.24. The number of hydrogen-bond acceptors (Lipinski definition) is 5. The molecule has 1 aromatic rings. The number of amides is 2. The Morgan fingerprint density at radius 1 is 1.45 bits per heavy atom. The Kier molecular flexibility index (Phi) is 5.88. The monoisotopic (exact) mass is 341 g/mol. The maximum absolute atomic E-state index is 12.6. The van der Waals surface area contributed by atoms with Crippen molar-refractivity contribution in [3.8, 4) is 0 Å². The van der Waals surface area contributed by atoms with Crippen LogP contribution < -0.4 is 5.32 Å². The third-order valence-electron chi connectivity index (χ3n) is 3.98. The molecule has 1 fully saturated rings. The molecule has 1 aliphatic rings. The number of thioether (sulfide) groups is 1. The summed E-state index contributed by atoms with van der Waals surface area (Å²) in [6.45, 7) is 3.21. The molecule has 122 valence electrons. The maximum atomic E-state index is 12.6. The molecule has 1 saturated heterocycles. The van der Waals surface area contributed by atoms with Crippen LogP contribution in [0, 0.1) is 0 Å². The molecule has 1 aliphatic heterocycles. The van der Waals surface area contributed by atoms with Crippen molar-refractivity contribution in [2.75, 3.05) is 33.4 Å². The van der Waals surface area contributed by atoms with Crippen LogP contribution in [0.25, 0.3) is 0 Å². The van der Waals surface area contributed by atoms with Crippen molar-refractivity contribution in [2.45, 2.75) is 24.3 Å². The van der Waals surface area contributed by atoms with Crippen molar-refractivity contribution in [1.82, 2.24) is 15.1 Å². The van der Waals surface area contributed by atoms with Crippen molar-refractivity contribution < 1.29 is 9.59 Å². The highest BCUT2D eigenvalue weighted by Crippen LogP contribution is 2.24. The first-order chi connectivity index (χ1) is 10.4. The summed E-state index contributed by atoms with van der Waals surface area (Å²) in [4.78, 5) is 29.3. The van der Waals surface area contributed by atoms with Crippen LogP contribution in [-0.4, -0.2) is 72.4 Å². The summed E-state index contributed by atoms with van der Waals surface area (Å²) in [5.41, 5.74) is 0. The second-order valence-corrected chi connectivity index (χ2v) is 7.75. The molecule has 2 amide bonds. The van der Waals surface area contributed by atoms with Crippen molar-refractivity contribution in [2.24, 2.45) is 0 Å². The Balaban J connectivity index is 1.95. The third kappa shape index (κ3) is 3.83. The minimum absolute atomic E-state index is 0.00620. The standard InChI is InChI=1S/C15H23N3O2S2/c1-10(16-14(19)12-6-5-7-22-12)15(20)18-8-11(17(2)3)13(9-18)21-4/h5-7,10-11,13H,8-9H2,1-4H3,(H,16,19)/t10-,11-,13+/m0/s1. The zero-order valence-corrected chi connectivity index (χ0v) is 15.0. The van der Waals surface area contributed by atoms with Crippen LogP contribution in [0.15, 0.2) is 17.5 Å². The quantitative estimate of drug-likeness (QED) is 0.879. The molecule has 0 aromatic carbocycles. The summed E-state index contributed by atoms with van der Waals surface area (Å²) in [5.74, 6) is -0.186. The van der Waals surface area contributed by atoms with Gasteiger partial charge < -0.3 is 15.1 Å². The Labute approximate surface area is 140 Å². The fourth-order valence-corrected chi connectivity index (χ4v) is 4.27. The lowest BCUT2D eigenvalue weighted by Crippen LogP contribution is -2.46. The molecule has 2 rings (SSSR count). The van der Waals surface area contributed by atoms with Crippen LogP contribution >= 0.6 is 23.1 Å². The fraction of sp³-hybridized carbons (Fsp3) is 0.600. The van der Waals surface area contributed by atoms with Crippen molar-refractivity contribution in [1.29, 1.82) is 0 Å². The number of rotatable bonds is 5. The van der Waals surface area contributed by atoms with Gasteiger partial charge >= 0.3 is 0 Å². The largest absolute Gasteiger partial charge is 0.340 e. The normalized spacial score (nSPS) is 22.9. The van der Waals surface area contributed by atoms with Crippen molar-refractivity contribution in [3.05, 3.63) is 22.4 Å². The summed E-state index contributed by atoms with van der Waals surface area (Å²) in [6, 6.07) is 3.45. The minimum atomic E-state index is -0.502. The van der Waals surface area contributed by atoms with Gasteiger partial charge in [0.05, 0.1) is 4.88 Å². The van der Waals surface area contributed by atoms with Gasteiger partial charge in [0.15, 0.2) is 0 Å². The fourth-order valence-electron chi connectivity index (χ4n) is 2.68. The van der Waals surface area contributed by atoms with E-state index in [0.29, 0.717) is 16.2 Å². The first kappa shape index (κ1) is 17.3. The summed E-state index contributed by atoms with van der Waals surface area (Å²) in [6.07, 6.45) is 2.08. The summed E-state index contributed by atoms with van der Waals surface area (Å²) < 4.78 is 0. The zero-order chi connectivity index (χ0) is 16.3. The molecule has 0 unspecified atom stereocenters. The minimum Gasteiger partial charge on any atom is -0.340 e. The molecule has 2 heterocycles. The summed E-state index contributed by atoms with van der Waals surface area (Å²) in [7, 11) is 4.09. The van der Waals surface area contributed by atoms with E-state index in [9.17, 15) is 9.59 Å². The summed E-state index contributed by atoms with van der Waals surface area (Å²) >= 11 is 3.17. The Morgan fingerprint density at radius 3 is 2.68 bits per heavy atom. The number of likely N-dealkylation sites (N-methyl/N-ethyl adjacent to an activating group) is 1. The number of hydrogen-bond donors (Lipinski definition) is 1. The number of carbonyl (C=O) groups is 2. The topological polar surface area (TPSA) is 52.7 Å². The molecule has 7 heteroatoms.